The number of nitrogens with one attached hydrogen (secondary N) is 1. The van der Waals surface area contributed by atoms with E-state index < -0.39 is 41.2 Å². The molecule has 9 nitrogen and oxygen atoms in total. The molecule has 5 N–H and O–H groups in total. The average Bonchev–Trinajstić information content (AvgIpc) is 3.45. The van der Waals surface area contributed by atoms with Crippen LogP contribution in [0.4, 0.5) is 13.2 Å². The van der Waals surface area contributed by atoms with E-state index in [1.54, 1.807) is 19.1 Å². The lowest BCUT2D eigenvalue weighted by Crippen LogP contribution is -2.27. The number of ether oxygens (including phenoxy) is 2. The standard InChI is InChI=1S/C31H29F3N4O5/c1-16(20-4-2-3-17(27(20)33)5-8-26(40)41)30(35)38-31-22-13-18(6-7-25(22)42-19(15-39)9-11-37-31)43-29-23(32)14-24-21(28(29)34)10-12-36-24/h2-4,6-7,10,12-14,16,19,36,39H,5,8-9,11,15H2,1H3,(H,40,41)(H2,35,37,38). The summed E-state index contributed by atoms with van der Waals surface area (Å²) in [5.41, 5.74) is 7.40. The molecule has 0 radical (unpaired) electrons. The number of aliphatic hydroxyl groups is 1. The molecule has 3 aromatic carbocycles. The maximum Gasteiger partial charge on any atom is 0.303 e. The lowest BCUT2D eigenvalue weighted by Gasteiger charge is -2.22. The largest absolute Gasteiger partial charge is 0.487 e. The van der Waals surface area contributed by atoms with E-state index in [4.69, 9.17) is 20.3 Å². The number of aromatic amines is 1. The van der Waals surface area contributed by atoms with Crippen molar-refractivity contribution in [2.45, 2.75) is 38.2 Å². The van der Waals surface area contributed by atoms with Gasteiger partial charge < -0.3 is 30.4 Å². The molecular weight excluding hydrogens is 565 g/mol. The van der Waals surface area contributed by atoms with Crippen molar-refractivity contribution in [3.05, 3.63) is 88.9 Å². The quantitative estimate of drug-likeness (QED) is 0.158. The van der Waals surface area contributed by atoms with Crippen LogP contribution in [-0.2, 0) is 11.2 Å². The van der Waals surface area contributed by atoms with Crippen molar-refractivity contribution in [2.75, 3.05) is 13.2 Å². The molecule has 0 aliphatic carbocycles. The lowest BCUT2D eigenvalue weighted by atomic mass is 9.95. The summed E-state index contributed by atoms with van der Waals surface area (Å²) in [5.74, 6) is -4.24. The zero-order valence-electron chi connectivity index (χ0n) is 23.1. The van der Waals surface area contributed by atoms with E-state index in [1.807, 2.05) is 0 Å². The number of carboxylic acid groups (broad SMARTS) is 1. The van der Waals surface area contributed by atoms with E-state index in [0.717, 1.165) is 6.07 Å². The number of hydrogen-bond donors (Lipinski definition) is 4. The normalized spacial score (nSPS) is 16.1. The van der Waals surface area contributed by atoms with Crippen LogP contribution in [-0.4, -0.2) is 52.1 Å². The molecule has 0 fully saturated rings. The second-order valence-corrected chi connectivity index (χ2v) is 10.1. The third kappa shape index (κ3) is 6.33. The number of H-pyrrole nitrogens is 1. The summed E-state index contributed by atoms with van der Waals surface area (Å²) < 4.78 is 56.8. The van der Waals surface area contributed by atoms with Crippen molar-refractivity contribution in [3.8, 4) is 17.2 Å². The third-order valence-electron chi connectivity index (χ3n) is 7.19. The Labute approximate surface area is 244 Å². The van der Waals surface area contributed by atoms with Gasteiger partial charge >= 0.3 is 5.97 Å². The van der Waals surface area contributed by atoms with Crippen molar-refractivity contribution >= 4 is 28.5 Å². The summed E-state index contributed by atoms with van der Waals surface area (Å²) in [4.78, 5) is 22.8. The number of benzene rings is 3. The molecule has 1 aliphatic heterocycles. The molecule has 2 atom stereocenters. The Hall–Kier alpha value is -4.84. The van der Waals surface area contributed by atoms with E-state index in [1.165, 1.54) is 36.5 Å². The van der Waals surface area contributed by atoms with Crippen LogP contribution in [0.3, 0.4) is 0 Å². The van der Waals surface area contributed by atoms with Gasteiger partial charge in [-0.05, 0) is 41.8 Å². The molecule has 0 spiro atoms. The highest BCUT2D eigenvalue weighted by molar-refractivity contribution is 6.09. The number of aliphatic hydroxyl groups excluding tert-OH is 1. The van der Waals surface area contributed by atoms with Gasteiger partial charge in [-0.15, -0.1) is 0 Å². The number of nitrogens with zero attached hydrogens (tertiary/aromatic N) is 2. The molecule has 0 bridgehead atoms. The summed E-state index contributed by atoms with van der Waals surface area (Å²) in [7, 11) is 0. The maximum atomic E-state index is 15.3. The topological polar surface area (TPSA) is 143 Å². The summed E-state index contributed by atoms with van der Waals surface area (Å²) in [6.45, 7) is 1.60. The van der Waals surface area contributed by atoms with E-state index in [2.05, 4.69) is 15.0 Å². The van der Waals surface area contributed by atoms with Crippen molar-refractivity contribution < 1.29 is 37.7 Å². The molecule has 4 aromatic rings. The van der Waals surface area contributed by atoms with Crippen molar-refractivity contribution in [2.24, 2.45) is 15.7 Å². The number of hydrogen-bond acceptors (Lipinski definition) is 6. The molecule has 224 valence electrons. The highest BCUT2D eigenvalue weighted by Gasteiger charge is 2.24. The van der Waals surface area contributed by atoms with Crippen LogP contribution in [0.2, 0.25) is 0 Å². The molecule has 0 saturated heterocycles. The maximum absolute atomic E-state index is 15.3. The van der Waals surface area contributed by atoms with Crippen LogP contribution in [0.15, 0.2) is 64.7 Å². The molecule has 0 amide bonds. The number of fused-ring (bicyclic) bond motifs is 2. The number of aliphatic carboxylic acids is 1. The summed E-state index contributed by atoms with van der Waals surface area (Å²) in [5, 5.41) is 18.9. The Morgan fingerprint density at radius 2 is 2.02 bits per heavy atom. The number of aryl methyl sites for hydroxylation is 1. The predicted molar refractivity (Wildman–Crippen MR) is 155 cm³/mol. The highest BCUT2D eigenvalue weighted by atomic mass is 19.1. The molecule has 0 saturated carbocycles. The second kappa shape index (κ2) is 12.6. The van der Waals surface area contributed by atoms with Crippen molar-refractivity contribution in [3.63, 3.8) is 0 Å². The fourth-order valence-electron chi connectivity index (χ4n) is 4.78. The lowest BCUT2D eigenvalue weighted by molar-refractivity contribution is -0.136. The van der Waals surface area contributed by atoms with Crippen LogP contribution in [0, 0.1) is 17.5 Å². The number of rotatable bonds is 8. The van der Waals surface area contributed by atoms with Crippen LogP contribution < -0.4 is 15.2 Å². The number of aliphatic imine (C=N–C) groups is 2. The summed E-state index contributed by atoms with van der Waals surface area (Å²) >= 11 is 0. The molecule has 2 heterocycles. The van der Waals surface area contributed by atoms with Crippen LogP contribution >= 0.6 is 0 Å². The van der Waals surface area contributed by atoms with Crippen molar-refractivity contribution in [1.82, 2.24) is 4.98 Å². The highest BCUT2D eigenvalue weighted by Crippen LogP contribution is 2.35. The number of halogens is 3. The Kier molecular flexibility index (Phi) is 8.67. The van der Waals surface area contributed by atoms with Crippen LogP contribution in [0.5, 0.6) is 17.2 Å². The second-order valence-electron chi connectivity index (χ2n) is 10.1. The minimum absolute atomic E-state index is 0.0135. The molecule has 1 aromatic heterocycles. The summed E-state index contributed by atoms with van der Waals surface area (Å²) in [6.07, 6.45) is 1.09. The van der Waals surface area contributed by atoms with Gasteiger partial charge in [0, 0.05) is 43.0 Å². The van der Waals surface area contributed by atoms with Gasteiger partial charge in [0.25, 0.3) is 0 Å². The first-order chi connectivity index (χ1) is 20.7. The fourth-order valence-corrected chi connectivity index (χ4v) is 4.78. The summed E-state index contributed by atoms with van der Waals surface area (Å²) in [6, 6.07) is 11.7. The fraction of sp³-hybridized carbons (Fsp3) is 0.258. The molecule has 12 heteroatoms. The molecule has 5 rings (SSSR count). The number of carboxylic acids is 1. The van der Waals surface area contributed by atoms with Gasteiger partial charge in [0.2, 0.25) is 0 Å². The smallest absolute Gasteiger partial charge is 0.303 e. The van der Waals surface area contributed by atoms with E-state index in [0.29, 0.717) is 6.42 Å². The van der Waals surface area contributed by atoms with Gasteiger partial charge in [0.05, 0.1) is 17.7 Å². The molecule has 43 heavy (non-hydrogen) atoms. The number of carbonyl (C=O) groups is 1. The van der Waals surface area contributed by atoms with Crippen molar-refractivity contribution in [1.29, 1.82) is 0 Å². The monoisotopic (exact) mass is 594 g/mol. The first-order valence-corrected chi connectivity index (χ1v) is 13.6. The van der Waals surface area contributed by atoms with E-state index in [9.17, 15) is 14.3 Å². The SMILES string of the molecule is CC(C(N)=NC1=NCCC(CO)Oc2ccc(Oc3c(F)cc4[nH]ccc4c3F)cc21)c1cccc(CCC(=O)O)c1F. The Bertz CT molecular complexity index is 1740. The van der Waals surface area contributed by atoms with Gasteiger partial charge in [0.15, 0.2) is 23.2 Å². The third-order valence-corrected chi connectivity index (χ3v) is 7.19. The van der Waals surface area contributed by atoms with E-state index in [-0.39, 0.29) is 76.8 Å². The molecular formula is C31H29F3N4O5. The average molecular weight is 595 g/mol. The number of nitrogens with two attached hydrogens (primary N) is 1. The minimum atomic E-state index is -1.04. The van der Waals surface area contributed by atoms with Gasteiger partial charge in [-0.1, -0.05) is 25.1 Å². The first-order valence-electron chi connectivity index (χ1n) is 13.6. The van der Waals surface area contributed by atoms with Gasteiger partial charge in [-0.2, -0.15) is 0 Å². The van der Waals surface area contributed by atoms with Gasteiger partial charge in [-0.3, -0.25) is 9.79 Å². The van der Waals surface area contributed by atoms with Gasteiger partial charge in [-0.25, -0.2) is 18.2 Å². The Morgan fingerprint density at radius 1 is 1.21 bits per heavy atom. The molecule has 2 unspecified atom stereocenters. The zero-order valence-corrected chi connectivity index (χ0v) is 23.1. The van der Waals surface area contributed by atoms with E-state index >= 15 is 8.78 Å². The Balaban J connectivity index is 1.50. The predicted octanol–water partition coefficient (Wildman–Crippen LogP) is 5.45. The first kappa shape index (κ1) is 29.6. The molecule has 1 aliphatic rings. The number of aromatic nitrogens is 1. The van der Waals surface area contributed by atoms with Crippen LogP contribution in [0.1, 0.15) is 42.4 Å². The number of amidine groups is 2. The minimum Gasteiger partial charge on any atom is -0.487 e. The Morgan fingerprint density at radius 3 is 2.79 bits per heavy atom. The van der Waals surface area contributed by atoms with Crippen LogP contribution in [0.25, 0.3) is 10.9 Å². The zero-order chi connectivity index (χ0) is 30.7. The van der Waals surface area contributed by atoms with Gasteiger partial charge in [0.1, 0.15) is 29.3 Å².